The molecule has 3 rings (SSSR count). The summed E-state index contributed by atoms with van der Waals surface area (Å²) < 4.78 is 0. The van der Waals surface area contributed by atoms with Gasteiger partial charge in [-0.1, -0.05) is 29.8 Å². The highest BCUT2D eigenvalue weighted by Gasteiger charge is 2.36. The number of anilines is 2. The first-order chi connectivity index (χ1) is 12.0. The number of hydrogen-bond donors (Lipinski definition) is 1. The number of aryl methyl sites for hydroxylation is 1. The van der Waals surface area contributed by atoms with Crippen LogP contribution >= 0.6 is 11.6 Å². The van der Waals surface area contributed by atoms with Crippen molar-refractivity contribution in [2.24, 2.45) is 5.92 Å². The molecule has 1 heterocycles. The molecule has 0 aliphatic carbocycles. The van der Waals surface area contributed by atoms with Crippen LogP contribution in [0, 0.1) is 24.2 Å². The molecule has 1 atom stereocenters. The number of para-hydroxylation sites is 1. The summed E-state index contributed by atoms with van der Waals surface area (Å²) in [5, 5.41) is 12.4. The van der Waals surface area contributed by atoms with Crippen molar-refractivity contribution >= 4 is 34.8 Å². The molecular weight excluding hydrogens is 338 g/mol. The normalized spacial score (nSPS) is 16.6. The third-order valence-corrected chi connectivity index (χ3v) is 4.50. The topological polar surface area (TPSA) is 73.2 Å². The Morgan fingerprint density at radius 3 is 2.84 bits per heavy atom. The van der Waals surface area contributed by atoms with Crippen LogP contribution in [0.15, 0.2) is 42.5 Å². The van der Waals surface area contributed by atoms with E-state index in [-0.39, 0.29) is 18.2 Å². The van der Waals surface area contributed by atoms with Gasteiger partial charge in [-0.15, -0.1) is 0 Å². The van der Waals surface area contributed by atoms with Gasteiger partial charge in [-0.2, -0.15) is 5.26 Å². The van der Waals surface area contributed by atoms with Crippen molar-refractivity contribution in [1.82, 2.24) is 0 Å². The first-order valence-corrected chi connectivity index (χ1v) is 8.24. The fraction of sp³-hybridized carbons (Fsp3) is 0.211. The fourth-order valence-corrected chi connectivity index (χ4v) is 3.08. The minimum absolute atomic E-state index is 0.112. The number of nitriles is 1. The number of rotatable bonds is 3. The number of amides is 2. The summed E-state index contributed by atoms with van der Waals surface area (Å²) in [7, 11) is 0. The molecule has 0 bridgehead atoms. The molecule has 5 nitrogen and oxygen atoms in total. The van der Waals surface area contributed by atoms with Gasteiger partial charge in [-0.3, -0.25) is 9.59 Å². The van der Waals surface area contributed by atoms with Crippen LogP contribution in [0.5, 0.6) is 0 Å². The highest BCUT2D eigenvalue weighted by Crippen LogP contribution is 2.30. The number of nitrogens with one attached hydrogen (secondary N) is 1. The van der Waals surface area contributed by atoms with Gasteiger partial charge < -0.3 is 10.2 Å². The summed E-state index contributed by atoms with van der Waals surface area (Å²) in [6, 6.07) is 14.2. The quantitative estimate of drug-likeness (QED) is 0.917. The number of carbonyl (C=O) groups is 2. The van der Waals surface area contributed by atoms with Crippen LogP contribution in [-0.2, 0) is 9.59 Å². The lowest BCUT2D eigenvalue weighted by molar-refractivity contribution is -0.122. The van der Waals surface area contributed by atoms with Crippen LogP contribution in [0.25, 0.3) is 0 Å². The van der Waals surface area contributed by atoms with Gasteiger partial charge >= 0.3 is 0 Å². The largest absolute Gasteiger partial charge is 0.325 e. The lowest BCUT2D eigenvalue weighted by Gasteiger charge is -2.19. The molecule has 0 spiro atoms. The Morgan fingerprint density at radius 1 is 1.32 bits per heavy atom. The van der Waals surface area contributed by atoms with E-state index in [0.717, 1.165) is 11.3 Å². The van der Waals surface area contributed by atoms with Gasteiger partial charge in [0, 0.05) is 23.7 Å². The Bertz CT molecular complexity index is 888. The second kappa shape index (κ2) is 6.96. The molecule has 1 N–H and O–H groups in total. The zero-order valence-corrected chi connectivity index (χ0v) is 14.4. The molecule has 2 aromatic carbocycles. The molecule has 126 valence electrons. The van der Waals surface area contributed by atoms with Crippen LogP contribution in [0.2, 0.25) is 5.02 Å². The molecule has 2 amide bonds. The number of hydrogen-bond acceptors (Lipinski definition) is 3. The molecule has 1 fully saturated rings. The first kappa shape index (κ1) is 17.0. The number of carbonyl (C=O) groups excluding carboxylic acids is 2. The Morgan fingerprint density at radius 2 is 2.08 bits per heavy atom. The lowest BCUT2D eigenvalue weighted by Crippen LogP contribution is -2.28. The zero-order chi connectivity index (χ0) is 18.0. The van der Waals surface area contributed by atoms with Crippen molar-refractivity contribution in [2.75, 3.05) is 16.8 Å². The summed E-state index contributed by atoms with van der Waals surface area (Å²) in [5.41, 5.74) is 2.50. The molecule has 25 heavy (non-hydrogen) atoms. The SMILES string of the molecule is Cc1ccc(Cl)cc1N1CC(C(=O)Nc2ccccc2C#N)CC1=O. The number of halogens is 1. The van der Waals surface area contributed by atoms with E-state index < -0.39 is 5.92 Å². The third kappa shape index (κ3) is 3.49. The fourth-order valence-electron chi connectivity index (χ4n) is 2.91. The zero-order valence-electron chi connectivity index (χ0n) is 13.6. The Hall–Kier alpha value is -2.84. The van der Waals surface area contributed by atoms with E-state index in [2.05, 4.69) is 5.32 Å². The van der Waals surface area contributed by atoms with Gasteiger partial charge in [0.2, 0.25) is 11.8 Å². The van der Waals surface area contributed by atoms with Gasteiger partial charge in [0.15, 0.2) is 0 Å². The van der Waals surface area contributed by atoms with Gasteiger partial charge in [-0.25, -0.2) is 0 Å². The maximum absolute atomic E-state index is 12.5. The molecule has 1 saturated heterocycles. The van der Waals surface area contributed by atoms with E-state index in [1.54, 1.807) is 41.3 Å². The van der Waals surface area contributed by atoms with E-state index in [1.165, 1.54) is 0 Å². The minimum Gasteiger partial charge on any atom is -0.325 e. The van der Waals surface area contributed by atoms with E-state index in [0.29, 0.717) is 22.8 Å². The second-order valence-electron chi connectivity index (χ2n) is 5.98. The molecule has 6 heteroatoms. The third-order valence-electron chi connectivity index (χ3n) is 4.26. The highest BCUT2D eigenvalue weighted by molar-refractivity contribution is 6.31. The van der Waals surface area contributed by atoms with Crippen molar-refractivity contribution in [1.29, 1.82) is 5.26 Å². The van der Waals surface area contributed by atoms with E-state index in [4.69, 9.17) is 16.9 Å². The highest BCUT2D eigenvalue weighted by atomic mass is 35.5. The van der Waals surface area contributed by atoms with E-state index >= 15 is 0 Å². The summed E-state index contributed by atoms with van der Waals surface area (Å²) in [4.78, 5) is 26.5. The molecule has 0 aromatic heterocycles. The molecule has 0 saturated carbocycles. The van der Waals surface area contributed by atoms with Crippen molar-refractivity contribution < 1.29 is 9.59 Å². The predicted molar refractivity (Wildman–Crippen MR) is 96.4 cm³/mol. The van der Waals surface area contributed by atoms with Gasteiger partial charge in [-0.05, 0) is 36.8 Å². The first-order valence-electron chi connectivity index (χ1n) is 7.86. The van der Waals surface area contributed by atoms with Crippen LogP contribution in [0.1, 0.15) is 17.5 Å². The maximum Gasteiger partial charge on any atom is 0.229 e. The monoisotopic (exact) mass is 353 g/mol. The molecular formula is C19H16ClN3O2. The molecule has 0 radical (unpaired) electrons. The standard InChI is InChI=1S/C19H16ClN3O2/c1-12-6-7-15(20)9-17(12)23-11-14(8-18(23)24)19(25)22-16-5-3-2-4-13(16)10-21/h2-7,9,14H,8,11H2,1H3,(H,22,25). The van der Waals surface area contributed by atoms with Crippen LogP contribution in [0.3, 0.4) is 0 Å². The molecule has 1 aliphatic rings. The average molecular weight is 354 g/mol. The molecule has 1 unspecified atom stereocenters. The summed E-state index contributed by atoms with van der Waals surface area (Å²) in [6.45, 7) is 2.19. The van der Waals surface area contributed by atoms with E-state index in [1.807, 2.05) is 19.1 Å². The Balaban J connectivity index is 1.77. The maximum atomic E-state index is 12.5. The minimum atomic E-state index is -0.474. The summed E-state index contributed by atoms with van der Waals surface area (Å²) >= 11 is 6.03. The van der Waals surface area contributed by atoms with Gasteiger partial charge in [0.1, 0.15) is 6.07 Å². The lowest BCUT2D eigenvalue weighted by atomic mass is 10.1. The Labute approximate surface area is 150 Å². The predicted octanol–water partition coefficient (Wildman–Crippen LogP) is 3.51. The average Bonchev–Trinajstić information content (AvgIpc) is 2.99. The van der Waals surface area contributed by atoms with E-state index in [9.17, 15) is 9.59 Å². The number of benzene rings is 2. The van der Waals surface area contributed by atoms with Crippen LogP contribution < -0.4 is 10.2 Å². The van der Waals surface area contributed by atoms with Crippen LogP contribution in [0.4, 0.5) is 11.4 Å². The van der Waals surface area contributed by atoms with Crippen LogP contribution in [-0.4, -0.2) is 18.4 Å². The van der Waals surface area contributed by atoms with Crippen molar-refractivity contribution in [3.63, 3.8) is 0 Å². The summed E-state index contributed by atoms with van der Waals surface area (Å²) in [5.74, 6) is -0.852. The number of nitrogens with zero attached hydrogens (tertiary/aromatic N) is 2. The Kier molecular flexibility index (Phi) is 4.73. The van der Waals surface area contributed by atoms with Gasteiger partial charge in [0.05, 0.1) is 17.2 Å². The van der Waals surface area contributed by atoms with Crippen molar-refractivity contribution in [3.8, 4) is 6.07 Å². The second-order valence-corrected chi connectivity index (χ2v) is 6.42. The van der Waals surface area contributed by atoms with Gasteiger partial charge in [0.25, 0.3) is 0 Å². The molecule has 1 aliphatic heterocycles. The van der Waals surface area contributed by atoms with Crippen molar-refractivity contribution in [2.45, 2.75) is 13.3 Å². The summed E-state index contributed by atoms with van der Waals surface area (Å²) in [6.07, 6.45) is 0.131. The van der Waals surface area contributed by atoms with Crippen molar-refractivity contribution in [3.05, 3.63) is 58.6 Å². The molecule has 2 aromatic rings. The smallest absolute Gasteiger partial charge is 0.229 e.